The molecule has 160 valence electrons. The van der Waals surface area contributed by atoms with E-state index in [1.165, 1.54) is 0 Å². The third-order valence-electron chi connectivity index (χ3n) is 5.62. The van der Waals surface area contributed by atoms with E-state index < -0.39 is 6.04 Å². The average Bonchev–Trinajstić information content (AvgIpc) is 3.22. The standard InChI is InChI=1S/C26H23N3O3/c1-3-32-25(30)22-23(17-11-5-4-6-12-17)28-26-27-19-14-8-9-15-20(19)29(26)24(22)18-13-7-10-16-21(18)31-2/h4-16,24H,3H2,1-2H3,(H,27,28)/t24-/m1/s1. The minimum Gasteiger partial charge on any atom is -0.496 e. The minimum atomic E-state index is -0.482. The number of para-hydroxylation sites is 3. The van der Waals surface area contributed by atoms with Gasteiger partial charge in [0, 0.05) is 5.56 Å². The molecule has 0 unspecified atom stereocenters. The van der Waals surface area contributed by atoms with Gasteiger partial charge in [0.15, 0.2) is 0 Å². The predicted octanol–water partition coefficient (Wildman–Crippen LogP) is 5.03. The van der Waals surface area contributed by atoms with E-state index in [1.54, 1.807) is 7.11 Å². The molecule has 1 atom stereocenters. The van der Waals surface area contributed by atoms with Crippen LogP contribution in [-0.4, -0.2) is 29.2 Å². The second kappa shape index (κ2) is 8.23. The molecule has 0 saturated heterocycles. The van der Waals surface area contributed by atoms with Crippen LogP contribution in [0.15, 0.2) is 84.4 Å². The molecular formula is C26H23N3O3. The Balaban J connectivity index is 1.86. The first-order chi connectivity index (χ1) is 15.7. The molecule has 1 aliphatic heterocycles. The molecule has 1 aliphatic rings. The zero-order valence-electron chi connectivity index (χ0n) is 17.9. The summed E-state index contributed by atoms with van der Waals surface area (Å²) in [4.78, 5) is 18.3. The van der Waals surface area contributed by atoms with Crippen molar-refractivity contribution in [1.29, 1.82) is 0 Å². The highest BCUT2D eigenvalue weighted by Crippen LogP contribution is 2.44. The Hall–Kier alpha value is -4.06. The Morgan fingerprint density at radius 2 is 1.72 bits per heavy atom. The highest BCUT2D eigenvalue weighted by molar-refractivity contribution is 6.03. The molecule has 32 heavy (non-hydrogen) atoms. The summed E-state index contributed by atoms with van der Waals surface area (Å²) < 4.78 is 13.3. The van der Waals surface area contributed by atoms with E-state index >= 15 is 0 Å². The van der Waals surface area contributed by atoms with E-state index in [2.05, 4.69) is 5.32 Å². The van der Waals surface area contributed by atoms with E-state index in [1.807, 2.05) is 90.4 Å². The number of fused-ring (bicyclic) bond motifs is 3. The molecule has 6 nitrogen and oxygen atoms in total. The number of methoxy groups -OCH3 is 1. The van der Waals surface area contributed by atoms with Crippen LogP contribution in [0.5, 0.6) is 5.75 Å². The molecule has 1 aromatic heterocycles. The lowest BCUT2D eigenvalue weighted by atomic mass is 9.91. The molecule has 1 N–H and O–H groups in total. The SMILES string of the molecule is CCOC(=O)C1=C(c2ccccc2)Nc2nc3ccccc3n2[C@@H]1c1ccccc1OC. The summed E-state index contributed by atoms with van der Waals surface area (Å²) in [5.41, 5.74) is 4.69. The van der Waals surface area contributed by atoms with Gasteiger partial charge in [0.05, 0.1) is 36.0 Å². The largest absolute Gasteiger partial charge is 0.496 e. The fourth-order valence-corrected chi connectivity index (χ4v) is 4.28. The Kier molecular flexibility index (Phi) is 5.11. The van der Waals surface area contributed by atoms with Crippen molar-refractivity contribution in [2.45, 2.75) is 13.0 Å². The number of aromatic nitrogens is 2. The molecule has 0 bridgehead atoms. The smallest absolute Gasteiger partial charge is 0.338 e. The number of benzene rings is 3. The van der Waals surface area contributed by atoms with Crippen LogP contribution in [0, 0.1) is 0 Å². The van der Waals surface area contributed by atoms with E-state index in [9.17, 15) is 4.79 Å². The Labute approximate surface area is 186 Å². The van der Waals surface area contributed by atoms with Gasteiger partial charge in [-0.05, 0) is 30.7 Å². The van der Waals surface area contributed by atoms with Gasteiger partial charge in [-0.25, -0.2) is 9.78 Å². The summed E-state index contributed by atoms with van der Waals surface area (Å²) in [6, 6.07) is 25.0. The number of hydrogen-bond acceptors (Lipinski definition) is 5. The predicted molar refractivity (Wildman–Crippen MR) is 124 cm³/mol. The van der Waals surface area contributed by atoms with Gasteiger partial charge in [0.25, 0.3) is 0 Å². The number of nitrogens with one attached hydrogen (secondary N) is 1. The van der Waals surface area contributed by atoms with Crippen LogP contribution in [0.3, 0.4) is 0 Å². The zero-order valence-corrected chi connectivity index (χ0v) is 17.9. The van der Waals surface area contributed by atoms with Crippen LogP contribution >= 0.6 is 0 Å². The molecule has 3 aromatic carbocycles. The van der Waals surface area contributed by atoms with Crippen LogP contribution in [0.1, 0.15) is 24.1 Å². The fraction of sp³-hybridized carbons (Fsp3) is 0.154. The first-order valence-electron chi connectivity index (χ1n) is 10.6. The lowest BCUT2D eigenvalue weighted by Crippen LogP contribution is -2.29. The number of imidazole rings is 1. The van der Waals surface area contributed by atoms with Crippen molar-refractivity contribution in [3.8, 4) is 5.75 Å². The second-order valence-corrected chi connectivity index (χ2v) is 7.44. The number of carbonyl (C=O) groups is 1. The number of carbonyl (C=O) groups excluding carboxylic acids is 1. The van der Waals surface area contributed by atoms with Gasteiger partial charge in [-0.3, -0.25) is 4.57 Å². The average molecular weight is 425 g/mol. The zero-order chi connectivity index (χ0) is 22.1. The molecule has 2 heterocycles. The van der Waals surface area contributed by atoms with Crippen LogP contribution in [0.25, 0.3) is 16.7 Å². The molecule has 5 rings (SSSR count). The molecule has 0 fully saturated rings. The minimum absolute atomic E-state index is 0.278. The molecule has 0 aliphatic carbocycles. The van der Waals surface area contributed by atoms with Crippen molar-refractivity contribution >= 4 is 28.6 Å². The molecule has 4 aromatic rings. The van der Waals surface area contributed by atoms with Crippen molar-refractivity contribution in [3.05, 3.63) is 95.6 Å². The molecule has 0 amide bonds. The first-order valence-corrected chi connectivity index (χ1v) is 10.6. The van der Waals surface area contributed by atoms with E-state index in [4.69, 9.17) is 14.5 Å². The van der Waals surface area contributed by atoms with Crippen molar-refractivity contribution in [3.63, 3.8) is 0 Å². The second-order valence-electron chi connectivity index (χ2n) is 7.44. The number of anilines is 1. The summed E-state index contributed by atoms with van der Waals surface area (Å²) in [5.74, 6) is 0.976. The summed E-state index contributed by atoms with van der Waals surface area (Å²) in [7, 11) is 1.64. The summed E-state index contributed by atoms with van der Waals surface area (Å²) in [6.45, 7) is 2.09. The Morgan fingerprint density at radius 1 is 1.00 bits per heavy atom. The number of rotatable bonds is 5. The maximum Gasteiger partial charge on any atom is 0.338 e. The van der Waals surface area contributed by atoms with Gasteiger partial charge in [-0.15, -0.1) is 0 Å². The molecule has 6 heteroatoms. The quantitative estimate of drug-likeness (QED) is 0.454. The van der Waals surface area contributed by atoms with E-state index in [0.29, 0.717) is 23.0 Å². The Morgan fingerprint density at radius 3 is 2.50 bits per heavy atom. The Bertz CT molecular complexity index is 1320. The molecule has 0 saturated carbocycles. The summed E-state index contributed by atoms with van der Waals surface area (Å²) >= 11 is 0. The third kappa shape index (κ3) is 3.21. The van der Waals surface area contributed by atoms with Gasteiger partial charge in [-0.2, -0.15) is 0 Å². The lowest BCUT2D eigenvalue weighted by molar-refractivity contribution is -0.138. The molecule has 0 spiro atoms. The summed E-state index contributed by atoms with van der Waals surface area (Å²) in [6.07, 6.45) is 0. The summed E-state index contributed by atoms with van der Waals surface area (Å²) in [5, 5.41) is 3.42. The van der Waals surface area contributed by atoms with Gasteiger partial charge in [0.2, 0.25) is 5.95 Å². The van der Waals surface area contributed by atoms with Crippen molar-refractivity contribution in [2.24, 2.45) is 0 Å². The van der Waals surface area contributed by atoms with Gasteiger partial charge >= 0.3 is 5.97 Å². The highest BCUT2D eigenvalue weighted by atomic mass is 16.5. The monoisotopic (exact) mass is 425 g/mol. The molecule has 0 radical (unpaired) electrons. The van der Waals surface area contributed by atoms with Gasteiger partial charge < -0.3 is 14.8 Å². The van der Waals surface area contributed by atoms with Crippen LogP contribution in [0.4, 0.5) is 5.95 Å². The first kappa shape index (κ1) is 19.9. The molecular weight excluding hydrogens is 402 g/mol. The van der Waals surface area contributed by atoms with Crippen molar-refractivity contribution in [2.75, 3.05) is 19.0 Å². The van der Waals surface area contributed by atoms with Crippen molar-refractivity contribution in [1.82, 2.24) is 9.55 Å². The lowest BCUT2D eigenvalue weighted by Gasteiger charge is -2.32. The highest BCUT2D eigenvalue weighted by Gasteiger charge is 2.38. The number of esters is 1. The topological polar surface area (TPSA) is 65.4 Å². The normalized spacial score (nSPS) is 15.2. The maximum atomic E-state index is 13.4. The van der Waals surface area contributed by atoms with Crippen LogP contribution in [0.2, 0.25) is 0 Å². The maximum absolute atomic E-state index is 13.4. The number of ether oxygens (including phenoxy) is 2. The van der Waals surface area contributed by atoms with E-state index in [0.717, 1.165) is 22.2 Å². The fourth-order valence-electron chi connectivity index (χ4n) is 4.28. The van der Waals surface area contributed by atoms with E-state index in [-0.39, 0.29) is 12.6 Å². The number of nitrogens with zero attached hydrogens (tertiary/aromatic N) is 2. The van der Waals surface area contributed by atoms with Crippen molar-refractivity contribution < 1.29 is 14.3 Å². The van der Waals surface area contributed by atoms with Crippen LogP contribution < -0.4 is 10.1 Å². The van der Waals surface area contributed by atoms with Crippen LogP contribution in [-0.2, 0) is 9.53 Å². The van der Waals surface area contributed by atoms with Gasteiger partial charge in [-0.1, -0.05) is 60.7 Å². The number of hydrogen-bond donors (Lipinski definition) is 1. The third-order valence-corrected chi connectivity index (χ3v) is 5.62. The van der Waals surface area contributed by atoms with Gasteiger partial charge in [0.1, 0.15) is 11.8 Å².